The van der Waals surface area contributed by atoms with E-state index in [9.17, 15) is 4.79 Å². The number of rotatable bonds is 4. The van der Waals surface area contributed by atoms with Crippen LogP contribution < -0.4 is 0 Å². The molecule has 0 spiro atoms. The summed E-state index contributed by atoms with van der Waals surface area (Å²) in [7, 11) is 0. The van der Waals surface area contributed by atoms with Crippen molar-refractivity contribution in [3.63, 3.8) is 0 Å². The fourth-order valence-electron chi connectivity index (χ4n) is 1.82. The first-order valence-electron chi connectivity index (χ1n) is 6.78. The highest BCUT2D eigenvalue weighted by atomic mass is 35.5. The minimum atomic E-state index is -0.693. The van der Waals surface area contributed by atoms with Gasteiger partial charge in [-0.25, -0.2) is 4.79 Å². The van der Waals surface area contributed by atoms with Crippen LogP contribution in [0.25, 0.3) is 17.4 Å². The Morgan fingerprint density at radius 1 is 1.30 bits per heavy atom. The third kappa shape index (κ3) is 4.38. The Morgan fingerprint density at radius 2 is 2.04 bits per heavy atom. The summed E-state index contributed by atoms with van der Waals surface area (Å²) in [5.41, 5.74) is 0.485. The van der Waals surface area contributed by atoms with Gasteiger partial charge in [0.15, 0.2) is 0 Å². The summed E-state index contributed by atoms with van der Waals surface area (Å²) in [5.74, 6) is 0.132. The molecule has 0 radical (unpaired) electrons. The van der Waals surface area contributed by atoms with Crippen molar-refractivity contribution < 1.29 is 13.9 Å². The van der Waals surface area contributed by atoms with E-state index >= 15 is 0 Å². The highest BCUT2D eigenvalue weighted by molar-refractivity contribution is 6.35. The van der Waals surface area contributed by atoms with Gasteiger partial charge in [0.25, 0.3) is 0 Å². The van der Waals surface area contributed by atoms with Crippen molar-refractivity contribution in [2.24, 2.45) is 0 Å². The second-order valence-electron chi connectivity index (χ2n) is 4.95. The Labute approximate surface area is 143 Å². The number of carbonyl (C=O) groups excluding carboxylic acids is 1. The van der Waals surface area contributed by atoms with E-state index in [1.165, 1.54) is 6.08 Å². The summed E-state index contributed by atoms with van der Waals surface area (Å²) in [4.78, 5) is 11.8. The van der Waals surface area contributed by atoms with Crippen molar-refractivity contribution in [1.82, 2.24) is 0 Å². The van der Waals surface area contributed by atoms with Crippen LogP contribution in [0.3, 0.4) is 0 Å². The van der Waals surface area contributed by atoms with E-state index in [-0.39, 0.29) is 11.7 Å². The lowest BCUT2D eigenvalue weighted by Gasteiger charge is -2.06. The molecule has 4 nitrogen and oxygen atoms in total. The Bertz CT molecular complexity index is 800. The molecule has 1 aromatic heterocycles. The highest BCUT2D eigenvalue weighted by Gasteiger charge is 2.14. The minimum Gasteiger partial charge on any atom is -0.459 e. The van der Waals surface area contributed by atoms with E-state index < -0.39 is 5.97 Å². The predicted octanol–water partition coefficient (Wildman–Crippen LogP) is 5.11. The van der Waals surface area contributed by atoms with Gasteiger partial charge in [0.1, 0.15) is 23.2 Å². The molecule has 0 unspecified atom stereocenters. The number of halogens is 2. The molecular formula is C17H13Cl2NO3. The maximum atomic E-state index is 11.8. The van der Waals surface area contributed by atoms with Gasteiger partial charge < -0.3 is 9.15 Å². The minimum absolute atomic E-state index is 0.142. The molecule has 1 heterocycles. The van der Waals surface area contributed by atoms with Crippen molar-refractivity contribution in [3.8, 4) is 17.4 Å². The van der Waals surface area contributed by atoms with E-state index in [1.807, 2.05) is 0 Å². The second kappa shape index (κ2) is 7.36. The molecule has 6 heteroatoms. The molecule has 1 aromatic carbocycles. The summed E-state index contributed by atoms with van der Waals surface area (Å²) in [6.45, 7) is 3.41. The fraction of sp³-hybridized carbons (Fsp3) is 0.176. The van der Waals surface area contributed by atoms with E-state index in [0.29, 0.717) is 27.1 Å². The summed E-state index contributed by atoms with van der Waals surface area (Å²) in [5, 5.41) is 10.1. The summed E-state index contributed by atoms with van der Waals surface area (Å²) >= 11 is 12.1. The summed E-state index contributed by atoms with van der Waals surface area (Å²) in [6.07, 6.45) is 1.02. The topological polar surface area (TPSA) is 63.2 Å². The van der Waals surface area contributed by atoms with Gasteiger partial charge in [0.2, 0.25) is 0 Å². The standard InChI is InChI=1S/C17H13Cl2NO3/c1-10(2)22-17(21)11(9-20)7-13-4-6-16(23-13)14-8-12(18)3-5-15(14)19/h3-8,10H,1-2H3/b11-7-. The lowest BCUT2D eigenvalue weighted by Crippen LogP contribution is -2.12. The van der Waals surface area contributed by atoms with Crippen molar-refractivity contribution in [2.75, 3.05) is 0 Å². The van der Waals surface area contributed by atoms with Gasteiger partial charge in [-0.2, -0.15) is 5.26 Å². The molecule has 0 aliphatic rings. The molecule has 118 valence electrons. The van der Waals surface area contributed by atoms with Gasteiger partial charge in [-0.05, 0) is 44.2 Å². The smallest absolute Gasteiger partial charge is 0.349 e. The van der Waals surface area contributed by atoms with Gasteiger partial charge in [0, 0.05) is 16.7 Å². The van der Waals surface area contributed by atoms with E-state index in [2.05, 4.69) is 0 Å². The quantitative estimate of drug-likeness (QED) is 0.437. The number of ether oxygens (including phenoxy) is 1. The molecule has 0 amide bonds. The molecule has 0 aliphatic carbocycles. The number of carbonyl (C=O) groups is 1. The average molecular weight is 350 g/mol. The van der Waals surface area contributed by atoms with Crippen molar-refractivity contribution in [2.45, 2.75) is 20.0 Å². The molecule has 23 heavy (non-hydrogen) atoms. The first kappa shape index (κ1) is 17.1. The molecule has 0 bridgehead atoms. The largest absolute Gasteiger partial charge is 0.459 e. The third-order valence-corrected chi connectivity index (χ3v) is 3.36. The van der Waals surface area contributed by atoms with Crippen molar-refractivity contribution in [3.05, 3.63) is 51.7 Å². The van der Waals surface area contributed by atoms with Crippen LogP contribution >= 0.6 is 23.2 Å². The van der Waals surface area contributed by atoms with Crippen LogP contribution in [0.4, 0.5) is 0 Å². The van der Waals surface area contributed by atoms with Crippen LogP contribution in [0.2, 0.25) is 10.0 Å². The number of nitriles is 1. The maximum Gasteiger partial charge on any atom is 0.349 e. The third-order valence-electron chi connectivity index (χ3n) is 2.79. The van der Waals surface area contributed by atoms with Crippen LogP contribution in [0.1, 0.15) is 19.6 Å². The van der Waals surface area contributed by atoms with Gasteiger partial charge in [-0.15, -0.1) is 0 Å². The molecular weight excluding hydrogens is 337 g/mol. The first-order chi connectivity index (χ1) is 10.9. The van der Waals surface area contributed by atoms with E-state index in [0.717, 1.165) is 0 Å². The first-order valence-corrected chi connectivity index (χ1v) is 7.54. The number of benzene rings is 1. The molecule has 2 rings (SSSR count). The zero-order valence-electron chi connectivity index (χ0n) is 12.5. The van der Waals surface area contributed by atoms with E-state index in [1.54, 1.807) is 50.2 Å². The monoisotopic (exact) mass is 349 g/mol. The van der Waals surface area contributed by atoms with Gasteiger partial charge in [0.05, 0.1) is 11.1 Å². The van der Waals surface area contributed by atoms with Crippen LogP contribution in [0.5, 0.6) is 0 Å². The van der Waals surface area contributed by atoms with Gasteiger partial charge in [-0.1, -0.05) is 23.2 Å². The van der Waals surface area contributed by atoms with Crippen molar-refractivity contribution >= 4 is 35.2 Å². The Balaban J connectivity index is 2.31. The molecule has 0 aliphatic heterocycles. The molecule has 0 atom stereocenters. The predicted molar refractivity (Wildman–Crippen MR) is 89.0 cm³/mol. The number of hydrogen-bond acceptors (Lipinski definition) is 4. The van der Waals surface area contributed by atoms with Crippen LogP contribution in [-0.4, -0.2) is 12.1 Å². The lowest BCUT2D eigenvalue weighted by molar-refractivity contribution is -0.142. The molecule has 0 N–H and O–H groups in total. The van der Waals surface area contributed by atoms with Gasteiger partial charge >= 0.3 is 5.97 Å². The Kier molecular flexibility index (Phi) is 5.49. The number of hydrogen-bond donors (Lipinski definition) is 0. The Hall–Kier alpha value is -2.22. The zero-order chi connectivity index (χ0) is 17.0. The fourth-order valence-corrected chi connectivity index (χ4v) is 2.20. The summed E-state index contributed by atoms with van der Waals surface area (Å²) in [6, 6.07) is 10.1. The van der Waals surface area contributed by atoms with Crippen molar-refractivity contribution in [1.29, 1.82) is 5.26 Å². The maximum absolute atomic E-state index is 11.8. The van der Waals surface area contributed by atoms with Crippen LogP contribution in [-0.2, 0) is 9.53 Å². The number of esters is 1. The molecule has 2 aromatic rings. The number of furan rings is 1. The highest BCUT2D eigenvalue weighted by Crippen LogP contribution is 2.32. The lowest BCUT2D eigenvalue weighted by atomic mass is 10.2. The molecule has 0 saturated carbocycles. The SMILES string of the molecule is CC(C)OC(=O)/C(C#N)=C\c1ccc(-c2cc(Cl)ccc2Cl)o1. The molecule has 0 saturated heterocycles. The summed E-state index contributed by atoms with van der Waals surface area (Å²) < 4.78 is 10.6. The normalized spacial score (nSPS) is 11.4. The van der Waals surface area contributed by atoms with Gasteiger partial charge in [-0.3, -0.25) is 0 Å². The zero-order valence-corrected chi connectivity index (χ0v) is 14.0. The molecule has 0 fully saturated rings. The average Bonchev–Trinajstić information content (AvgIpc) is 2.94. The van der Waals surface area contributed by atoms with Crippen LogP contribution in [0.15, 0.2) is 40.3 Å². The number of nitrogens with zero attached hydrogens (tertiary/aromatic N) is 1. The Morgan fingerprint density at radius 3 is 2.70 bits per heavy atom. The second-order valence-corrected chi connectivity index (χ2v) is 5.79. The van der Waals surface area contributed by atoms with Crippen LogP contribution in [0, 0.1) is 11.3 Å². The van der Waals surface area contributed by atoms with E-state index in [4.69, 9.17) is 37.6 Å².